The third-order valence-corrected chi connectivity index (χ3v) is 3.79. The van der Waals surface area contributed by atoms with E-state index < -0.39 is 0 Å². The summed E-state index contributed by atoms with van der Waals surface area (Å²) in [5.41, 5.74) is 0.977. The molecule has 1 aliphatic rings. The van der Waals surface area contributed by atoms with Crippen LogP contribution >= 0.6 is 23.2 Å². The molecule has 1 aromatic carbocycles. The highest BCUT2D eigenvalue weighted by molar-refractivity contribution is 6.43. The van der Waals surface area contributed by atoms with Crippen molar-refractivity contribution in [2.24, 2.45) is 0 Å². The first-order valence-corrected chi connectivity index (χ1v) is 6.33. The molecule has 0 atom stereocenters. The zero-order valence-corrected chi connectivity index (χ0v) is 10.9. The van der Waals surface area contributed by atoms with Crippen LogP contribution in [0.4, 0.5) is 5.69 Å². The maximum Gasteiger partial charge on any atom is 0.133 e. The van der Waals surface area contributed by atoms with Crippen LogP contribution in [0.15, 0.2) is 18.2 Å². The predicted octanol–water partition coefficient (Wildman–Crippen LogP) is 2.31. The molecule has 1 aromatic rings. The molecule has 0 unspecified atom stereocenters. The Morgan fingerprint density at radius 2 is 1.88 bits per heavy atom. The van der Waals surface area contributed by atoms with Crippen molar-refractivity contribution in [2.75, 3.05) is 37.6 Å². The Bertz CT molecular complexity index is 403. The summed E-state index contributed by atoms with van der Waals surface area (Å²) < 4.78 is 0. The van der Waals surface area contributed by atoms with E-state index in [-0.39, 0.29) is 0 Å². The predicted molar refractivity (Wildman–Crippen MR) is 71.2 cm³/mol. The summed E-state index contributed by atoms with van der Waals surface area (Å²) in [4.78, 5) is 14.8. The number of carbonyl (C=O) groups excluding carboxylic acids is 1. The van der Waals surface area contributed by atoms with E-state index in [2.05, 4.69) is 9.80 Å². The molecule has 0 radical (unpaired) electrons. The molecule has 17 heavy (non-hydrogen) atoms. The zero-order valence-electron chi connectivity index (χ0n) is 9.40. The lowest BCUT2D eigenvalue weighted by atomic mass is 10.2. The molecular formula is C12H14Cl2N2O. The number of halogens is 2. The molecule has 0 aromatic heterocycles. The maximum atomic E-state index is 10.4. The highest BCUT2D eigenvalue weighted by atomic mass is 35.5. The SMILES string of the molecule is O=CCN1CCN(c2cccc(Cl)c2Cl)CC1. The van der Waals surface area contributed by atoms with Gasteiger partial charge in [-0.3, -0.25) is 4.90 Å². The minimum atomic E-state index is 0.511. The zero-order chi connectivity index (χ0) is 12.3. The third kappa shape index (κ3) is 2.92. The summed E-state index contributed by atoms with van der Waals surface area (Å²) >= 11 is 12.2. The Balaban J connectivity index is 2.05. The van der Waals surface area contributed by atoms with Gasteiger partial charge >= 0.3 is 0 Å². The maximum absolute atomic E-state index is 10.4. The molecular weight excluding hydrogens is 259 g/mol. The number of piperazine rings is 1. The number of rotatable bonds is 3. The van der Waals surface area contributed by atoms with Crippen molar-refractivity contribution in [2.45, 2.75) is 0 Å². The van der Waals surface area contributed by atoms with Gasteiger partial charge < -0.3 is 9.69 Å². The van der Waals surface area contributed by atoms with Gasteiger partial charge in [0.2, 0.25) is 0 Å². The van der Waals surface area contributed by atoms with Crippen LogP contribution in [-0.2, 0) is 4.79 Å². The lowest BCUT2D eigenvalue weighted by Crippen LogP contribution is -2.47. The molecule has 1 saturated heterocycles. The van der Waals surface area contributed by atoms with E-state index in [9.17, 15) is 4.79 Å². The molecule has 3 nitrogen and oxygen atoms in total. The van der Waals surface area contributed by atoms with Gasteiger partial charge in [0.05, 0.1) is 22.3 Å². The minimum absolute atomic E-state index is 0.511. The van der Waals surface area contributed by atoms with Gasteiger partial charge in [0.15, 0.2) is 0 Å². The standard InChI is InChI=1S/C12H14Cl2N2O/c13-10-2-1-3-11(12(10)14)16-6-4-15(5-7-16)8-9-17/h1-3,9H,4-8H2. The molecule has 0 aliphatic carbocycles. The molecule has 1 heterocycles. The average Bonchev–Trinajstić information content (AvgIpc) is 2.34. The second-order valence-electron chi connectivity index (χ2n) is 4.03. The van der Waals surface area contributed by atoms with Gasteiger partial charge in [-0.05, 0) is 12.1 Å². The van der Waals surface area contributed by atoms with E-state index in [1.54, 1.807) is 6.07 Å². The number of nitrogens with zero attached hydrogens (tertiary/aromatic N) is 2. The first kappa shape index (κ1) is 12.7. The van der Waals surface area contributed by atoms with Gasteiger partial charge in [-0.1, -0.05) is 29.3 Å². The van der Waals surface area contributed by atoms with Gasteiger partial charge in [0.25, 0.3) is 0 Å². The molecule has 0 bridgehead atoms. The van der Waals surface area contributed by atoms with Gasteiger partial charge in [-0.25, -0.2) is 0 Å². The number of hydrogen-bond donors (Lipinski definition) is 0. The Morgan fingerprint density at radius 1 is 1.18 bits per heavy atom. The van der Waals surface area contributed by atoms with E-state index in [1.165, 1.54) is 0 Å². The number of aldehydes is 1. The van der Waals surface area contributed by atoms with E-state index >= 15 is 0 Å². The largest absolute Gasteiger partial charge is 0.368 e. The summed E-state index contributed by atoms with van der Waals surface area (Å²) in [6, 6.07) is 5.67. The number of carbonyl (C=O) groups is 1. The van der Waals surface area contributed by atoms with Crippen LogP contribution in [-0.4, -0.2) is 43.9 Å². The molecule has 0 spiro atoms. The Hall–Kier alpha value is -0.770. The van der Waals surface area contributed by atoms with Crippen LogP contribution in [0.5, 0.6) is 0 Å². The molecule has 0 saturated carbocycles. The van der Waals surface area contributed by atoms with Crippen molar-refractivity contribution in [3.05, 3.63) is 28.2 Å². The van der Waals surface area contributed by atoms with Crippen LogP contribution < -0.4 is 4.90 Å². The molecule has 2 rings (SSSR count). The summed E-state index contributed by atoms with van der Waals surface area (Å²) in [5, 5.41) is 1.19. The number of anilines is 1. The Morgan fingerprint density at radius 3 is 2.53 bits per heavy atom. The van der Waals surface area contributed by atoms with Gasteiger partial charge in [0.1, 0.15) is 6.29 Å². The molecule has 0 amide bonds. The van der Waals surface area contributed by atoms with Crippen molar-refractivity contribution in [1.82, 2.24) is 4.90 Å². The van der Waals surface area contributed by atoms with Gasteiger partial charge in [-0.2, -0.15) is 0 Å². The van der Waals surface area contributed by atoms with E-state index in [0.717, 1.165) is 38.2 Å². The van der Waals surface area contributed by atoms with Crippen LogP contribution in [0.3, 0.4) is 0 Å². The highest BCUT2D eigenvalue weighted by Crippen LogP contribution is 2.32. The monoisotopic (exact) mass is 272 g/mol. The quantitative estimate of drug-likeness (QED) is 0.790. The van der Waals surface area contributed by atoms with Gasteiger partial charge in [0, 0.05) is 26.2 Å². The van der Waals surface area contributed by atoms with E-state index in [0.29, 0.717) is 16.6 Å². The summed E-state index contributed by atoms with van der Waals surface area (Å²) in [7, 11) is 0. The Kier molecular flexibility index (Phi) is 4.26. The lowest BCUT2D eigenvalue weighted by Gasteiger charge is -2.35. The highest BCUT2D eigenvalue weighted by Gasteiger charge is 2.19. The van der Waals surface area contributed by atoms with Crippen molar-refractivity contribution >= 4 is 35.2 Å². The fourth-order valence-electron chi connectivity index (χ4n) is 2.01. The Labute approximate surface area is 111 Å². The minimum Gasteiger partial charge on any atom is -0.368 e. The van der Waals surface area contributed by atoms with Crippen LogP contribution in [0.25, 0.3) is 0 Å². The fraction of sp³-hybridized carbons (Fsp3) is 0.417. The topological polar surface area (TPSA) is 23.6 Å². The second kappa shape index (κ2) is 5.71. The summed E-state index contributed by atoms with van der Waals surface area (Å²) in [6.07, 6.45) is 0.946. The van der Waals surface area contributed by atoms with E-state index in [1.807, 2.05) is 12.1 Å². The van der Waals surface area contributed by atoms with Crippen LogP contribution in [0.2, 0.25) is 10.0 Å². The van der Waals surface area contributed by atoms with Crippen molar-refractivity contribution in [3.8, 4) is 0 Å². The smallest absolute Gasteiger partial charge is 0.133 e. The van der Waals surface area contributed by atoms with Gasteiger partial charge in [-0.15, -0.1) is 0 Å². The van der Waals surface area contributed by atoms with Crippen molar-refractivity contribution in [1.29, 1.82) is 0 Å². The molecule has 0 N–H and O–H groups in total. The number of hydrogen-bond acceptors (Lipinski definition) is 3. The molecule has 1 aliphatic heterocycles. The molecule has 92 valence electrons. The lowest BCUT2D eigenvalue weighted by molar-refractivity contribution is -0.108. The second-order valence-corrected chi connectivity index (χ2v) is 4.81. The normalized spacial score (nSPS) is 17.2. The van der Waals surface area contributed by atoms with E-state index in [4.69, 9.17) is 23.2 Å². The summed E-state index contributed by atoms with van der Waals surface area (Å²) in [6.45, 7) is 4.00. The molecule has 5 heteroatoms. The first-order chi connectivity index (χ1) is 8.22. The first-order valence-electron chi connectivity index (χ1n) is 5.57. The number of benzene rings is 1. The van der Waals surface area contributed by atoms with Crippen LogP contribution in [0.1, 0.15) is 0 Å². The van der Waals surface area contributed by atoms with Crippen LogP contribution in [0, 0.1) is 0 Å². The molecule has 1 fully saturated rings. The third-order valence-electron chi connectivity index (χ3n) is 2.98. The fourth-order valence-corrected chi connectivity index (χ4v) is 2.43. The summed E-state index contributed by atoms with van der Waals surface area (Å²) in [5.74, 6) is 0. The van der Waals surface area contributed by atoms with Crippen molar-refractivity contribution < 1.29 is 4.79 Å². The van der Waals surface area contributed by atoms with Crippen molar-refractivity contribution in [3.63, 3.8) is 0 Å². The average molecular weight is 273 g/mol.